The highest BCUT2D eigenvalue weighted by Gasteiger charge is 2.48. The molecule has 2 aromatic heterocycles. The van der Waals surface area contributed by atoms with Gasteiger partial charge in [0.2, 0.25) is 0 Å². The average Bonchev–Trinajstić information content (AvgIpc) is 3.50. The third-order valence-electron chi connectivity index (χ3n) is 7.09. The maximum Gasteiger partial charge on any atom is 0.338 e. The fourth-order valence-electron chi connectivity index (χ4n) is 5.31. The molecule has 1 unspecified atom stereocenters. The Kier molecular flexibility index (Phi) is 6.27. The molecule has 1 atom stereocenters. The van der Waals surface area contributed by atoms with Crippen molar-refractivity contribution in [2.24, 2.45) is 5.92 Å². The van der Waals surface area contributed by atoms with Gasteiger partial charge in [0.05, 0.1) is 30.1 Å². The molecule has 184 valence electrons. The smallest absolute Gasteiger partial charge is 0.338 e. The van der Waals surface area contributed by atoms with E-state index in [0.717, 1.165) is 31.2 Å². The van der Waals surface area contributed by atoms with Gasteiger partial charge in [0.25, 0.3) is 5.78 Å². The number of aliphatic hydroxyl groups is 1. The van der Waals surface area contributed by atoms with Crippen molar-refractivity contribution in [2.75, 3.05) is 7.11 Å². The minimum absolute atomic E-state index is 0.0238. The largest absolute Gasteiger partial charge is 0.512 e. The first-order valence-electron chi connectivity index (χ1n) is 11.7. The summed E-state index contributed by atoms with van der Waals surface area (Å²) in [5.74, 6) is 1.07. The number of hydrogen-bond donors (Lipinski definition) is 2. The van der Waals surface area contributed by atoms with E-state index in [-0.39, 0.29) is 35.8 Å². The highest BCUT2D eigenvalue weighted by Crippen LogP contribution is 2.46. The molecule has 3 aromatic rings. The maximum absolute atomic E-state index is 13.2. The average molecular weight is 499 g/mol. The summed E-state index contributed by atoms with van der Waals surface area (Å²) < 4.78 is 13.0. The molecule has 9 nitrogen and oxygen atoms in total. The molecule has 2 aliphatic rings. The quantitative estimate of drug-likeness (QED) is 0.461. The first-order valence-corrected chi connectivity index (χ1v) is 12.1. The van der Waals surface area contributed by atoms with Crippen molar-refractivity contribution < 1.29 is 24.5 Å². The Morgan fingerprint density at radius 3 is 2.83 bits per heavy atom. The van der Waals surface area contributed by atoms with Crippen LogP contribution < -0.4 is 4.74 Å². The number of halogens is 1. The van der Waals surface area contributed by atoms with Crippen molar-refractivity contribution in [3.63, 3.8) is 0 Å². The summed E-state index contributed by atoms with van der Waals surface area (Å²) in [7, 11) is 1.56. The van der Waals surface area contributed by atoms with Gasteiger partial charge in [-0.15, -0.1) is 5.10 Å². The number of carbonyl (C=O) groups is 1. The summed E-state index contributed by atoms with van der Waals surface area (Å²) in [5, 5.41) is 25.6. The van der Waals surface area contributed by atoms with E-state index in [1.54, 1.807) is 25.4 Å². The van der Waals surface area contributed by atoms with E-state index in [0.29, 0.717) is 35.2 Å². The van der Waals surface area contributed by atoms with Gasteiger partial charge in [-0.3, -0.25) is 0 Å². The Morgan fingerprint density at radius 1 is 1.29 bits per heavy atom. The summed E-state index contributed by atoms with van der Waals surface area (Å²) in [6.07, 6.45) is 8.50. The van der Waals surface area contributed by atoms with Crippen LogP contribution in [0.4, 0.5) is 0 Å². The van der Waals surface area contributed by atoms with Gasteiger partial charge < -0.3 is 19.7 Å². The summed E-state index contributed by atoms with van der Waals surface area (Å²) in [5.41, 5.74) is 0.279. The fourth-order valence-corrected chi connectivity index (χ4v) is 5.45. The normalized spacial score (nSPS) is 21.0. The van der Waals surface area contributed by atoms with Gasteiger partial charge in [-0.1, -0.05) is 30.5 Å². The number of fused-ring (bicyclic) bond motifs is 1. The molecule has 1 fully saturated rings. The van der Waals surface area contributed by atoms with Crippen LogP contribution in [0.1, 0.15) is 49.9 Å². The molecule has 35 heavy (non-hydrogen) atoms. The van der Waals surface area contributed by atoms with Crippen molar-refractivity contribution in [1.29, 1.82) is 0 Å². The Labute approximate surface area is 207 Å². The molecule has 1 saturated carbocycles. The number of methoxy groups -OCH3 is 1. The molecular weight excluding hydrogens is 472 g/mol. The van der Waals surface area contributed by atoms with E-state index in [9.17, 15) is 15.0 Å². The van der Waals surface area contributed by atoms with Crippen LogP contribution in [0.25, 0.3) is 5.78 Å². The number of rotatable bonds is 7. The summed E-state index contributed by atoms with van der Waals surface area (Å²) in [6, 6.07) is 5.01. The van der Waals surface area contributed by atoms with E-state index in [1.807, 2.05) is 6.07 Å². The number of aliphatic hydroxyl groups excluding tert-OH is 1. The lowest BCUT2D eigenvalue weighted by molar-refractivity contribution is -0.167. The first-order chi connectivity index (χ1) is 16.9. The van der Waals surface area contributed by atoms with E-state index < -0.39 is 11.6 Å². The highest BCUT2D eigenvalue weighted by atomic mass is 35.5. The Hall–Kier alpha value is -3.33. The molecule has 1 aliphatic heterocycles. The summed E-state index contributed by atoms with van der Waals surface area (Å²) in [6.45, 7) is 0. The van der Waals surface area contributed by atoms with Crippen LogP contribution in [0.5, 0.6) is 11.5 Å². The molecule has 0 amide bonds. The molecule has 1 aromatic carbocycles. The standard InChI is InChI=1S/C25H27ClN4O5/c1-34-21-10-18(31)7-6-15(21)8-9-25(16-4-2-3-5-16)12-20(32)19(23(33)35-25)11-22-28-24-27-13-17(26)14-30(24)29-22/h6-7,10,13-14,16,31-32H,2-5,8-9,11-12H2,1H3. The molecular formula is C25H27ClN4O5. The predicted molar refractivity (Wildman–Crippen MR) is 128 cm³/mol. The van der Waals surface area contributed by atoms with Crippen LogP contribution >= 0.6 is 11.6 Å². The number of phenolic OH excluding ortho intramolecular Hbond substituents is 1. The molecule has 1 aliphatic carbocycles. The second kappa shape index (κ2) is 9.37. The van der Waals surface area contributed by atoms with E-state index >= 15 is 0 Å². The van der Waals surface area contributed by atoms with Crippen molar-refractivity contribution in [2.45, 2.75) is 57.0 Å². The van der Waals surface area contributed by atoms with Gasteiger partial charge in [-0.25, -0.2) is 14.3 Å². The Bertz CT molecular complexity index is 1300. The number of carbonyl (C=O) groups excluding carboxylic acids is 1. The van der Waals surface area contributed by atoms with E-state index in [1.165, 1.54) is 10.7 Å². The molecule has 0 bridgehead atoms. The monoisotopic (exact) mass is 498 g/mol. The first kappa shape index (κ1) is 23.4. The molecule has 10 heteroatoms. The van der Waals surface area contributed by atoms with Crippen LogP contribution in [0, 0.1) is 5.92 Å². The van der Waals surface area contributed by atoms with Gasteiger partial charge >= 0.3 is 5.97 Å². The second-order valence-corrected chi connectivity index (χ2v) is 9.69. The van der Waals surface area contributed by atoms with Crippen LogP contribution in [0.15, 0.2) is 41.9 Å². The molecule has 2 N–H and O–H groups in total. The SMILES string of the molecule is COc1cc(O)ccc1CCC1(C2CCCC2)CC(O)=C(Cc2nc3ncc(Cl)cn3n2)C(=O)O1. The minimum Gasteiger partial charge on any atom is -0.512 e. The van der Waals surface area contributed by atoms with Gasteiger partial charge in [-0.05, 0) is 43.2 Å². The Balaban J connectivity index is 1.41. The number of aromatic hydroxyl groups is 1. The molecule has 0 spiro atoms. The highest BCUT2D eigenvalue weighted by molar-refractivity contribution is 6.30. The lowest BCUT2D eigenvalue weighted by Gasteiger charge is -2.41. The van der Waals surface area contributed by atoms with Crippen LogP contribution in [0.2, 0.25) is 5.02 Å². The number of cyclic esters (lactones) is 1. The summed E-state index contributed by atoms with van der Waals surface area (Å²) >= 11 is 5.97. The number of esters is 1. The van der Waals surface area contributed by atoms with Crippen molar-refractivity contribution in [3.05, 3.63) is 58.3 Å². The summed E-state index contributed by atoms with van der Waals surface area (Å²) in [4.78, 5) is 21.7. The number of benzene rings is 1. The Morgan fingerprint density at radius 2 is 2.09 bits per heavy atom. The van der Waals surface area contributed by atoms with Gasteiger partial charge in [0.15, 0.2) is 5.82 Å². The number of hydrogen-bond acceptors (Lipinski definition) is 8. The van der Waals surface area contributed by atoms with E-state index in [4.69, 9.17) is 21.1 Å². The van der Waals surface area contributed by atoms with Gasteiger partial charge in [-0.2, -0.15) is 4.98 Å². The minimum atomic E-state index is -0.800. The van der Waals surface area contributed by atoms with Gasteiger partial charge in [0.1, 0.15) is 22.9 Å². The molecule has 3 heterocycles. The number of aromatic nitrogens is 4. The lowest BCUT2D eigenvalue weighted by Crippen LogP contribution is -2.46. The molecule has 0 radical (unpaired) electrons. The lowest BCUT2D eigenvalue weighted by atomic mass is 9.76. The van der Waals surface area contributed by atoms with Crippen LogP contribution in [0.3, 0.4) is 0 Å². The van der Waals surface area contributed by atoms with Gasteiger partial charge in [0, 0.05) is 18.9 Å². The maximum atomic E-state index is 13.2. The fraction of sp³-hybridized carbons (Fsp3) is 0.440. The third-order valence-corrected chi connectivity index (χ3v) is 7.28. The number of nitrogens with zero attached hydrogens (tertiary/aromatic N) is 4. The zero-order valence-electron chi connectivity index (χ0n) is 19.4. The number of aryl methyl sites for hydroxylation is 1. The second-order valence-electron chi connectivity index (χ2n) is 9.26. The molecule has 0 saturated heterocycles. The number of ether oxygens (including phenoxy) is 2. The van der Waals surface area contributed by atoms with Crippen LogP contribution in [-0.4, -0.2) is 48.5 Å². The number of phenols is 1. The van der Waals surface area contributed by atoms with Crippen molar-refractivity contribution in [3.8, 4) is 11.5 Å². The molecule has 5 rings (SSSR count). The predicted octanol–water partition coefficient (Wildman–Crippen LogP) is 4.36. The van der Waals surface area contributed by atoms with Crippen LogP contribution in [-0.2, 0) is 22.4 Å². The zero-order chi connectivity index (χ0) is 24.6. The third kappa shape index (κ3) is 4.65. The topological polar surface area (TPSA) is 119 Å². The van der Waals surface area contributed by atoms with Crippen molar-refractivity contribution >= 4 is 23.3 Å². The van der Waals surface area contributed by atoms with Crippen molar-refractivity contribution in [1.82, 2.24) is 19.6 Å². The zero-order valence-corrected chi connectivity index (χ0v) is 20.2. The van der Waals surface area contributed by atoms with E-state index in [2.05, 4.69) is 15.1 Å².